The molecule has 4 aromatic heterocycles. The summed E-state index contributed by atoms with van der Waals surface area (Å²) in [6.07, 6.45) is 3.50. The van der Waals surface area contributed by atoms with E-state index in [4.69, 9.17) is 4.74 Å². The summed E-state index contributed by atoms with van der Waals surface area (Å²) in [5.41, 5.74) is 2.81. The largest absolute Gasteiger partial charge is 0.491 e. The molecular formula is C39H38F4N8O4. The molecule has 2 saturated heterocycles. The fourth-order valence-corrected chi connectivity index (χ4v) is 6.75. The molecule has 0 radical (unpaired) electrons. The lowest BCUT2D eigenvalue weighted by atomic mass is 10.1. The smallest absolute Gasteiger partial charge is 0.258 e. The number of anilines is 2. The highest BCUT2D eigenvalue weighted by Crippen LogP contribution is 2.29. The summed E-state index contributed by atoms with van der Waals surface area (Å²) in [4.78, 5) is 38.4. The summed E-state index contributed by atoms with van der Waals surface area (Å²) in [5, 5.41) is 6.66. The Labute approximate surface area is 312 Å². The number of nitrogens with one attached hydrogen (secondary N) is 2. The number of hydrogen-bond acceptors (Lipinski definition) is 10. The van der Waals surface area contributed by atoms with Crippen LogP contribution in [0.3, 0.4) is 0 Å². The lowest BCUT2D eigenvalue weighted by Gasteiger charge is -2.33. The van der Waals surface area contributed by atoms with Crippen LogP contribution in [0.15, 0.2) is 82.6 Å². The minimum atomic E-state index is -0.845. The van der Waals surface area contributed by atoms with Gasteiger partial charge in [0.15, 0.2) is 34.8 Å². The van der Waals surface area contributed by atoms with Gasteiger partial charge < -0.3 is 29.9 Å². The highest BCUT2D eigenvalue weighted by molar-refractivity contribution is 5.65. The zero-order chi connectivity index (χ0) is 38.8. The normalized spacial score (nSPS) is 15.9. The third-order valence-electron chi connectivity index (χ3n) is 9.50. The summed E-state index contributed by atoms with van der Waals surface area (Å²) < 4.78 is 68.3. The van der Waals surface area contributed by atoms with Crippen molar-refractivity contribution in [3.8, 4) is 34.0 Å². The number of nitrogens with zero attached hydrogens (tertiary/aromatic N) is 6. The summed E-state index contributed by atoms with van der Waals surface area (Å²) in [6.45, 7) is 8.17. The maximum Gasteiger partial charge on any atom is 0.258 e. The van der Waals surface area contributed by atoms with Gasteiger partial charge in [-0.15, -0.1) is 0 Å². The Bertz CT molecular complexity index is 2460. The molecule has 286 valence electrons. The van der Waals surface area contributed by atoms with Crippen molar-refractivity contribution in [1.29, 1.82) is 0 Å². The predicted octanol–water partition coefficient (Wildman–Crippen LogP) is 4.50. The Hall–Kier alpha value is -6.00. The summed E-state index contributed by atoms with van der Waals surface area (Å²) >= 11 is 0. The molecule has 16 heteroatoms. The summed E-state index contributed by atoms with van der Waals surface area (Å²) in [6, 6.07) is 14.6. The van der Waals surface area contributed by atoms with Crippen LogP contribution in [-0.2, 0) is 0 Å². The molecule has 0 unspecified atom stereocenters. The molecule has 0 aliphatic carbocycles. The number of benzene rings is 2. The number of methoxy groups -OCH3 is 2. The van der Waals surface area contributed by atoms with E-state index in [9.17, 15) is 27.2 Å². The van der Waals surface area contributed by atoms with Crippen LogP contribution < -0.4 is 41.0 Å². The van der Waals surface area contributed by atoms with Crippen LogP contribution in [-0.4, -0.2) is 84.8 Å². The van der Waals surface area contributed by atoms with Gasteiger partial charge in [0, 0.05) is 87.5 Å². The number of aromatic nitrogens is 4. The van der Waals surface area contributed by atoms with Gasteiger partial charge in [-0.3, -0.25) is 18.4 Å². The second-order valence-electron chi connectivity index (χ2n) is 13.2. The molecule has 2 aromatic carbocycles. The van der Waals surface area contributed by atoms with Crippen LogP contribution in [0.1, 0.15) is 6.92 Å². The van der Waals surface area contributed by atoms with E-state index in [1.165, 1.54) is 35.2 Å². The van der Waals surface area contributed by atoms with Crippen molar-refractivity contribution in [2.75, 3.05) is 69.8 Å². The van der Waals surface area contributed by atoms with E-state index in [1.807, 2.05) is 12.1 Å². The number of halogens is 4. The highest BCUT2D eigenvalue weighted by Gasteiger charge is 2.19. The first-order chi connectivity index (χ1) is 26.5. The highest BCUT2D eigenvalue weighted by atomic mass is 19.1. The van der Waals surface area contributed by atoms with Gasteiger partial charge in [-0.2, -0.15) is 0 Å². The Morgan fingerprint density at radius 1 is 0.636 bits per heavy atom. The molecule has 0 saturated carbocycles. The van der Waals surface area contributed by atoms with Crippen molar-refractivity contribution in [1.82, 2.24) is 29.4 Å². The van der Waals surface area contributed by atoms with Gasteiger partial charge >= 0.3 is 0 Å². The molecular weight excluding hydrogens is 720 g/mol. The lowest BCUT2D eigenvalue weighted by molar-refractivity contribution is 0.360. The van der Waals surface area contributed by atoms with Gasteiger partial charge in [-0.25, -0.2) is 27.5 Å². The van der Waals surface area contributed by atoms with E-state index in [-0.39, 0.29) is 33.6 Å². The van der Waals surface area contributed by atoms with Gasteiger partial charge in [-0.1, -0.05) is 0 Å². The minimum absolute atomic E-state index is 0.176. The average Bonchev–Trinajstić information content (AvgIpc) is 3.18. The number of fused-ring (bicyclic) bond motifs is 2. The van der Waals surface area contributed by atoms with Gasteiger partial charge in [0.05, 0.1) is 37.0 Å². The SMILES string of the molecule is COc1c(F)cc(-c2cc(=O)n3cc(N4CCNCC4)ccc3n2)cc1F.COc1c(F)cc(-c2cc(=O)n3cc(N4CCN[C@@H](C)C4)ccc3n2)cc1F. The fourth-order valence-electron chi connectivity index (χ4n) is 6.75. The Morgan fingerprint density at radius 3 is 1.51 bits per heavy atom. The number of hydrogen-bond donors (Lipinski definition) is 2. The molecule has 0 amide bonds. The number of piperazine rings is 2. The Morgan fingerprint density at radius 2 is 1.07 bits per heavy atom. The predicted molar refractivity (Wildman–Crippen MR) is 201 cm³/mol. The monoisotopic (exact) mass is 758 g/mol. The molecule has 12 nitrogen and oxygen atoms in total. The molecule has 8 rings (SSSR count). The van der Waals surface area contributed by atoms with Gasteiger partial charge in [0.25, 0.3) is 11.1 Å². The van der Waals surface area contributed by atoms with E-state index < -0.39 is 34.8 Å². The number of pyridine rings is 2. The van der Waals surface area contributed by atoms with Crippen LogP contribution in [0.2, 0.25) is 0 Å². The Balaban J connectivity index is 0.000000169. The standard InChI is InChI=1S/C20H20F2N4O2.C19H18F2N4O2/c1-12-10-25(6-5-23-12)14-3-4-18-24-17(9-19(27)26(18)11-14)13-7-15(21)20(28-2)16(22)8-13;1-27-19-14(20)8-12(9-15(19)21)16-10-18(26)25-11-13(2-3-17(25)23-16)24-6-4-22-5-7-24/h3-4,7-9,11-12,23H,5-6,10H2,1-2H3;2-3,8-11,22H,4-7H2,1H3/t12-;/m0./s1. The van der Waals surface area contributed by atoms with E-state index in [1.54, 1.807) is 24.5 Å². The van der Waals surface area contributed by atoms with E-state index >= 15 is 0 Å². The van der Waals surface area contributed by atoms with Crippen molar-refractivity contribution in [3.05, 3.63) is 117 Å². The molecule has 6 aromatic rings. The molecule has 0 spiro atoms. The van der Waals surface area contributed by atoms with Crippen LogP contribution in [0.25, 0.3) is 33.8 Å². The first-order valence-corrected chi connectivity index (χ1v) is 17.6. The molecule has 55 heavy (non-hydrogen) atoms. The maximum atomic E-state index is 14.0. The van der Waals surface area contributed by atoms with Gasteiger partial charge in [0.2, 0.25) is 0 Å². The van der Waals surface area contributed by atoms with Crippen molar-refractivity contribution in [2.24, 2.45) is 0 Å². The molecule has 2 aliphatic heterocycles. The maximum absolute atomic E-state index is 14.0. The third kappa shape index (κ3) is 7.82. The second kappa shape index (κ2) is 15.8. The number of rotatable bonds is 6. The molecule has 2 aliphatic rings. The minimum Gasteiger partial charge on any atom is -0.491 e. The van der Waals surface area contributed by atoms with Crippen LogP contribution >= 0.6 is 0 Å². The number of ether oxygens (including phenoxy) is 2. The van der Waals surface area contributed by atoms with Crippen LogP contribution in [0.4, 0.5) is 28.9 Å². The quantitative estimate of drug-likeness (QED) is 0.235. The third-order valence-corrected chi connectivity index (χ3v) is 9.50. The average molecular weight is 759 g/mol. The van der Waals surface area contributed by atoms with Crippen molar-refractivity contribution < 1.29 is 27.0 Å². The molecule has 2 N–H and O–H groups in total. The first-order valence-electron chi connectivity index (χ1n) is 17.6. The second-order valence-corrected chi connectivity index (χ2v) is 13.2. The van der Waals surface area contributed by atoms with E-state index in [0.29, 0.717) is 17.3 Å². The van der Waals surface area contributed by atoms with Crippen molar-refractivity contribution in [3.63, 3.8) is 0 Å². The van der Waals surface area contributed by atoms with Gasteiger partial charge in [0.1, 0.15) is 11.3 Å². The van der Waals surface area contributed by atoms with E-state index in [0.717, 1.165) is 81.5 Å². The molecule has 1 atom stereocenters. The van der Waals surface area contributed by atoms with Gasteiger partial charge in [-0.05, 0) is 55.5 Å². The van der Waals surface area contributed by atoms with E-state index in [2.05, 4.69) is 42.1 Å². The summed E-state index contributed by atoms with van der Waals surface area (Å²) in [5.74, 6) is -4.30. The lowest BCUT2D eigenvalue weighted by Crippen LogP contribution is -2.49. The molecule has 0 bridgehead atoms. The molecule has 2 fully saturated rings. The first kappa shape index (κ1) is 37.3. The zero-order valence-corrected chi connectivity index (χ0v) is 30.3. The summed E-state index contributed by atoms with van der Waals surface area (Å²) in [7, 11) is 2.39. The topological polar surface area (TPSA) is 118 Å². The Kier molecular flexibility index (Phi) is 10.7. The zero-order valence-electron chi connectivity index (χ0n) is 30.3. The van der Waals surface area contributed by atoms with Crippen molar-refractivity contribution >= 4 is 22.7 Å². The van der Waals surface area contributed by atoms with Crippen LogP contribution in [0, 0.1) is 23.3 Å². The molecule has 6 heterocycles. The van der Waals surface area contributed by atoms with Crippen molar-refractivity contribution in [2.45, 2.75) is 13.0 Å². The van der Waals surface area contributed by atoms with Crippen LogP contribution in [0.5, 0.6) is 11.5 Å². The fraction of sp³-hybridized carbons (Fsp3) is 0.282.